The van der Waals surface area contributed by atoms with Gasteiger partial charge in [0.05, 0.1) is 17.3 Å². The van der Waals surface area contributed by atoms with E-state index in [1.54, 1.807) is 11.0 Å². The van der Waals surface area contributed by atoms with Gasteiger partial charge in [0, 0.05) is 0 Å². The molecule has 3 heteroatoms. The number of aryl methyl sites for hydroxylation is 1. The first-order chi connectivity index (χ1) is 9.77. The molecule has 2 aromatic rings. The van der Waals surface area contributed by atoms with Gasteiger partial charge in [-0.05, 0) is 30.0 Å². The van der Waals surface area contributed by atoms with Crippen molar-refractivity contribution in [1.82, 2.24) is 0 Å². The van der Waals surface area contributed by atoms with Crippen LogP contribution in [0.5, 0.6) is 0 Å². The van der Waals surface area contributed by atoms with Crippen LogP contribution in [-0.2, 0) is 11.2 Å². The first kappa shape index (κ1) is 11.4. The molecule has 0 bridgehead atoms. The smallest absolute Gasteiger partial charge is 0.297 e. The summed E-state index contributed by atoms with van der Waals surface area (Å²) in [6.07, 6.45) is 1.76. The first-order valence-electron chi connectivity index (χ1n) is 6.82. The Morgan fingerprint density at radius 2 is 1.75 bits per heavy atom. The molecule has 2 aromatic carbocycles. The third-order valence-electron chi connectivity index (χ3n) is 4.20. The maximum absolute atomic E-state index is 12.3. The van der Waals surface area contributed by atoms with Crippen LogP contribution in [0.2, 0.25) is 0 Å². The number of rotatable bonds is 1. The van der Waals surface area contributed by atoms with Gasteiger partial charge in [-0.3, -0.25) is 14.5 Å². The highest BCUT2D eigenvalue weighted by Gasteiger charge is 2.43. The van der Waals surface area contributed by atoms with Gasteiger partial charge in [-0.1, -0.05) is 42.5 Å². The molecule has 0 aromatic heterocycles. The van der Waals surface area contributed by atoms with Crippen molar-refractivity contribution in [3.05, 3.63) is 65.2 Å². The molecule has 4 rings (SSSR count). The number of Topliss-reactive ketones (excluding diaryl/α,β-unsaturated/α-hetero) is 1. The van der Waals surface area contributed by atoms with E-state index in [2.05, 4.69) is 0 Å². The minimum Gasteiger partial charge on any atom is -0.297 e. The molecule has 20 heavy (non-hydrogen) atoms. The molecule has 0 radical (unpaired) electrons. The third kappa shape index (κ3) is 1.40. The maximum atomic E-state index is 12.3. The van der Waals surface area contributed by atoms with E-state index in [4.69, 9.17) is 0 Å². The molecule has 0 spiro atoms. The second-order valence-electron chi connectivity index (χ2n) is 5.28. The lowest BCUT2D eigenvalue weighted by Gasteiger charge is -2.34. The van der Waals surface area contributed by atoms with Crippen LogP contribution in [0, 0.1) is 0 Å². The summed E-state index contributed by atoms with van der Waals surface area (Å²) in [5, 5.41) is 0. The molecule has 0 saturated carbocycles. The number of carbonyl (C=O) groups is 2. The van der Waals surface area contributed by atoms with Crippen LogP contribution >= 0.6 is 0 Å². The van der Waals surface area contributed by atoms with Gasteiger partial charge in [0.1, 0.15) is 0 Å². The lowest BCUT2D eigenvalue weighted by atomic mass is 9.91. The van der Waals surface area contributed by atoms with E-state index >= 15 is 0 Å². The topological polar surface area (TPSA) is 37.4 Å². The summed E-state index contributed by atoms with van der Waals surface area (Å²) in [5.74, 6) is -0.759. The van der Waals surface area contributed by atoms with Gasteiger partial charge in [0.2, 0.25) is 0 Å². The summed E-state index contributed by atoms with van der Waals surface area (Å²) in [6, 6.07) is 15.6. The molecule has 0 N–H and O–H groups in total. The molecule has 1 unspecified atom stereocenters. The van der Waals surface area contributed by atoms with Crippen LogP contribution < -0.4 is 4.90 Å². The maximum Gasteiger partial charge on any atom is 0.300 e. The number of nitrogens with zero attached hydrogens (tertiary/aromatic N) is 1. The van der Waals surface area contributed by atoms with Gasteiger partial charge in [0.15, 0.2) is 0 Å². The summed E-state index contributed by atoms with van der Waals surface area (Å²) in [5.41, 5.74) is 3.60. The highest BCUT2D eigenvalue weighted by Crippen LogP contribution is 2.44. The normalized spacial score (nSPS) is 20.2. The number of hydrogen-bond acceptors (Lipinski definition) is 2. The number of para-hydroxylation sites is 1. The molecule has 2 heterocycles. The lowest BCUT2D eigenvalue weighted by Crippen LogP contribution is -2.36. The largest absolute Gasteiger partial charge is 0.300 e. The molecule has 98 valence electrons. The van der Waals surface area contributed by atoms with E-state index in [9.17, 15) is 9.59 Å². The molecule has 0 saturated heterocycles. The van der Waals surface area contributed by atoms with Gasteiger partial charge in [0.25, 0.3) is 11.7 Å². The average Bonchev–Trinajstić information content (AvgIpc) is 2.76. The summed E-state index contributed by atoms with van der Waals surface area (Å²) < 4.78 is 0. The van der Waals surface area contributed by atoms with Crippen molar-refractivity contribution in [3.63, 3.8) is 0 Å². The molecule has 0 aliphatic carbocycles. The second-order valence-corrected chi connectivity index (χ2v) is 5.28. The quantitative estimate of drug-likeness (QED) is 0.742. The number of carbonyl (C=O) groups excluding carboxylic acids is 2. The highest BCUT2D eigenvalue weighted by atomic mass is 16.2. The van der Waals surface area contributed by atoms with Gasteiger partial charge in [-0.2, -0.15) is 0 Å². The highest BCUT2D eigenvalue weighted by molar-refractivity contribution is 6.52. The van der Waals surface area contributed by atoms with Crippen molar-refractivity contribution in [1.29, 1.82) is 0 Å². The fraction of sp³-hybridized carbons (Fsp3) is 0.176. The van der Waals surface area contributed by atoms with Gasteiger partial charge >= 0.3 is 0 Å². The van der Waals surface area contributed by atoms with E-state index in [-0.39, 0.29) is 17.7 Å². The molecule has 1 atom stereocenters. The summed E-state index contributed by atoms with van der Waals surface area (Å²) in [7, 11) is 0. The standard InChI is InChI=1S/C17H13NO2/c19-16-13-8-4-7-12-9-10-14(11-5-2-1-3-6-11)18(15(12)13)17(16)20/h1-8,14H,9-10H2. The SMILES string of the molecule is O=C1C(=O)N2c3c(cccc31)CCC2c1ccccc1. The van der Waals surface area contributed by atoms with Crippen molar-refractivity contribution in [2.45, 2.75) is 18.9 Å². The number of amides is 1. The Kier molecular flexibility index (Phi) is 2.30. The molecule has 3 nitrogen and oxygen atoms in total. The zero-order chi connectivity index (χ0) is 13.7. The Bertz CT molecular complexity index is 721. The molecule has 2 aliphatic rings. The van der Waals surface area contributed by atoms with E-state index in [0.29, 0.717) is 5.56 Å². The summed E-state index contributed by atoms with van der Waals surface area (Å²) in [6.45, 7) is 0. The summed E-state index contributed by atoms with van der Waals surface area (Å²) >= 11 is 0. The Balaban J connectivity index is 1.90. The van der Waals surface area contributed by atoms with Crippen molar-refractivity contribution >= 4 is 17.4 Å². The molecular formula is C17H13NO2. The molecule has 1 amide bonds. The van der Waals surface area contributed by atoms with Crippen LogP contribution in [-0.4, -0.2) is 11.7 Å². The van der Waals surface area contributed by atoms with Crippen molar-refractivity contribution in [3.8, 4) is 0 Å². The van der Waals surface area contributed by atoms with E-state index in [1.165, 1.54) is 0 Å². The average molecular weight is 263 g/mol. The zero-order valence-corrected chi connectivity index (χ0v) is 10.9. The van der Waals surface area contributed by atoms with Gasteiger partial charge in [-0.15, -0.1) is 0 Å². The van der Waals surface area contributed by atoms with Gasteiger partial charge in [-0.25, -0.2) is 0 Å². The van der Waals surface area contributed by atoms with Crippen molar-refractivity contribution in [2.75, 3.05) is 4.90 Å². The van der Waals surface area contributed by atoms with E-state index < -0.39 is 0 Å². The first-order valence-corrected chi connectivity index (χ1v) is 6.82. The molecular weight excluding hydrogens is 250 g/mol. The number of benzene rings is 2. The van der Waals surface area contributed by atoms with E-state index in [1.807, 2.05) is 42.5 Å². The van der Waals surface area contributed by atoms with Crippen LogP contribution in [0.25, 0.3) is 0 Å². The van der Waals surface area contributed by atoms with Crippen LogP contribution in [0.4, 0.5) is 5.69 Å². The Labute approximate surface area is 116 Å². The Morgan fingerprint density at radius 1 is 0.950 bits per heavy atom. The predicted molar refractivity (Wildman–Crippen MR) is 75.8 cm³/mol. The van der Waals surface area contributed by atoms with Crippen LogP contribution in [0.1, 0.15) is 33.9 Å². The molecule has 2 aliphatic heterocycles. The number of ketones is 1. The Morgan fingerprint density at radius 3 is 2.55 bits per heavy atom. The number of hydrogen-bond donors (Lipinski definition) is 0. The van der Waals surface area contributed by atoms with Crippen LogP contribution in [0.3, 0.4) is 0 Å². The summed E-state index contributed by atoms with van der Waals surface area (Å²) in [4.78, 5) is 26.2. The minimum absolute atomic E-state index is 0.0243. The zero-order valence-electron chi connectivity index (χ0n) is 10.9. The van der Waals surface area contributed by atoms with Gasteiger partial charge < -0.3 is 0 Å². The van der Waals surface area contributed by atoms with Crippen molar-refractivity contribution < 1.29 is 9.59 Å². The second kappa shape index (κ2) is 4.04. The minimum atomic E-state index is -0.388. The number of anilines is 1. The fourth-order valence-corrected chi connectivity index (χ4v) is 3.30. The fourth-order valence-electron chi connectivity index (χ4n) is 3.30. The predicted octanol–water partition coefficient (Wildman–Crippen LogP) is 2.90. The third-order valence-corrected chi connectivity index (χ3v) is 4.20. The molecule has 0 fully saturated rings. The van der Waals surface area contributed by atoms with Crippen LogP contribution in [0.15, 0.2) is 48.5 Å². The monoisotopic (exact) mass is 263 g/mol. The van der Waals surface area contributed by atoms with Crippen molar-refractivity contribution in [2.24, 2.45) is 0 Å². The lowest BCUT2D eigenvalue weighted by molar-refractivity contribution is -0.114. The van der Waals surface area contributed by atoms with E-state index in [0.717, 1.165) is 29.7 Å². The Hall–Kier alpha value is -2.42.